The molecule has 0 saturated heterocycles. The zero-order chi connectivity index (χ0) is 15.3. The number of furan rings is 1. The molecule has 3 heterocycles. The van der Waals surface area contributed by atoms with Crippen molar-refractivity contribution in [2.75, 3.05) is 0 Å². The first kappa shape index (κ1) is 13.2. The molecule has 0 radical (unpaired) electrons. The van der Waals surface area contributed by atoms with Crippen LogP contribution in [-0.4, -0.2) is 10.8 Å². The summed E-state index contributed by atoms with van der Waals surface area (Å²) in [5, 5.41) is 2.98. The largest absolute Gasteiger partial charge is 0.454 e. The lowest BCUT2D eigenvalue weighted by molar-refractivity contribution is 0.101. The van der Waals surface area contributed by atoms with Crippen molar-refractivity contribution in [2.24, 2.45) is 0 Å². The molecule has 3 nitrogen and oxygen atoms in total. The van der Waals surface area contributed by atoms with Gasteiger partial charge in [0.25, 0.3) is 0 Å². The number of carbonyl (C=O) groups excluding carboxylic acids is 1. The van der Waals surface area contributed by atoms with Crippen LogP contribution in [0.2, 0.25) is 0 Å². The Labute approximate surface area is 131 Å². The third-order valence-corrected chi connectivity index (χ3v) is 4.69. The van der Waals surface area contributed by atoms with E-state index >= 15 is 0 Å². The highest BCUT2D eigenvalue weighted by molar-refractivity contribution is 7.13. The maximum Gasteiger partial charge on any atom is 0.163 e. The predicted octanol–water partition coefficient (Wildman–Crippen LogP) is 5.22. The van der Waals surface area contributed by atoms with Crippen LogP contribution in [0.1, 0.15) is 23.0 Å². The zero-order valence-electron chi connectivity index (χ0n) is 12.2. The van der Waals surface area contributed by atoms with Crippen LogP contribution in [0.3, 0.4) is 0 Å². The van der Waals surface area contributed by atoms with Crippen molar-refractivity contribution in [1.82, 2.24) is 4.98 Å². The summed E-state index contributed by atoms with van der Waals surface area (Å²) in [5.74, 6) is 0.00996. The van der Waals surface area contributed by atoms with Crippen LogP contribution in [0.4, 0.5) is 0 Å². The summed E-state index contributed by atoms with van der Waals surface area (Å²) in [6.07, 6.45) is 0. The Kier molecular flexibility index (Phi) is 2.87. The molecular weight excluding hydrogens is 294 g/mol. The molecule has 0 N–H and O–H groups in total. The van der Waals surface area contributed by atoms with Crippen LogP contribution in [0.5, 0.6) is 0 Å². The molecule has 0 aliphatic rings. The number of nitrogens with zero attached hydrogens (tertiary/aromatic N) is 1. The van der Waals surface area contributed by atoms with Crippen molar-refractivity contribution >= 4 is 39.2 Å². The molecule has 0 aliphatic heterocycles. The van der Waals surface area contributed by atoms with E-state index in [0.29, 0.717) is 11.1 Å². The molecule has 0 spiro atoms. The summed E-state index contributed by atoms with van der Waals surface area (Å²) in [6.45, 7) is 3.46. The molecule has 108 valence electrons. The van der Waals surface area contributed by atoms with E-state index in [1.807, 2.05) is 48.7 Å². The fraction of sp³-hybridized carbons (Fsp3) is 0.111. The van der Waals surface area contributed by atoms with Crippen LogP contribution >= 0.6 is 11.3 Å². The maximum atomic E-state index is 12.2. The summed E-state index contributed by atoms with van der Waals surface area (Å²) >= 11 is 1.60. The molecule has 0 aliphatic carbocycles. The van der Waals surface area contributed by atoms with Crippen LogP contribution in [0.25, 0.3) is 32.5 Å². The van der Waals surface area contributed by atoms with Gasteiger partial charge in [-0.05, 0) is 37.4 Å². The summed E-state index contributed by atoms with van der Waals surface area (Å²) in [7, 11) is 0. The number of para-hydroxylation sites is 1. The summed E-state index contributed by atoms with van der Waals surface area (Å²) in [5.41, 5.74) is 4.56. The molecule has 4 heteroatoms. The normalized spacial score (nSPS) is 11.4. The van der Waals surface area contributed by atoms with E-state index in [2.05, 4.69) is 4.98 Å². The van der Waals surface area contributed by atoms with Gasteiger partial charge in [0.1, 0.15) is 11.1 Å². The van der Waals surface area contributed by atoms with E-state index < -0.39 is 0 Å². The van der Waals surface area contributed by atoms with Gasteiger partial charge in [-0.3, -0.25) is 4.79 Å². The molecule has 4 aromatic rings. The Morgan fingerprint density at radius 1 is 1.18 bits per heavy atom. The SMILES string of the molecule is CC(=O)c1c(C)nc2c(oc3ccccc32)c1-c1cccs1. The first-order valence-electron chi connectivity index (χ1n) is 7.03. The van der Waals surface area contributed by atoms with Gasteiger partial charge in [-0.1, -0.05) is 18.2 Å². The molecule has 0 saturated carbocycles. The van der Waals surface area contributed by atoms with Gasteiger partial charge in [-0.25, -0.2) is 4.98 Å². The van der Waals surface area contributed by atoms with E-state index in [0.717, 1.165) is 32.6 Å². The number of benzene rings is 1. The van der Waals surface area contributed by atoms with E-state index in [9.17, 15) is 4.79 Å². The second-order valence-corrected chi connectivity index (χ2v) is 6.20. The number of aryl methyl sites for hydroxylation is 1. The van der Waals surface area contributed by atoms with E-state index in [-0.39, 0.29) is 5.78 Å². The van der Waals surface area contributed by atoms with E-state index in [4.69, 9.17) is 4.42 Å². The Morgan fingerprint density at radius 2 is 2.00 bits per heavy atom. The van der Waals surface area contributed by atoms with E-state index in [1.54, 1.807) is 18.3 Å². The number of hydrogen-bond donors (Lipinski definition) is 0. The monoisotopic (exact) mass is 307 g/mol. The highest BCUT2D eigenvalue weighted by Crippen LogP contribution is 2.39. The van der Waals surface area contributed by atoms with Crippen molar-refractivity contribution in [1.29, 1.82) is 0 Å². The number of ketones is 1. The third-order valence-electron chi connectivity index (χ3n) is 3.81. The number of carbonyl (C=O) groups is 1. The minimum atomic E-state index is 0.00996. The molecule has 0 bridgehead atoms. The second-order valence-electron chi connectivity index (χ2n) is 5.26. The van der Waals surface area contributed by atoms with Crippen LogP contribution in [0, 0.1) is 6.92 Å². The average molecular weight is 307 g/mol. The molecule has 1 aromatic carbocycles. The van der Waals surface area contributed by atoms with Gasteiger partial charge in [0, 0.05) is 21.5 Å². The molecule has 0 unspecified atom stereocenters. The number of rotatable bonds is 2. The fourth-order valence-electron chi connectivity index (χ4n) is 2.92. The first-order chi connectivity index (χ1) is 10.7. The molecule has 3 aromatic heterocycles. The van der Waals surface area contributed by atoms with Crippen LogP contribution < -0.4 is 0 Å². The molecule has 4 rings (SSSR count). The number of fused-ring (bicyclic) bond motifs is 3. The predicted molar refractivity (Wildman–Crippen MR) is 89.6 cm³/mol. The lowest BCUT2D eigenvalue weighted by Crippen LogP contribution is -2.02. The average Bonchev–Trinajstić information content (AvgIpc) is 3.13. The second kappa shape index (κ2) is 4.78. The fourth-order valence-corrected chi connectivity index (χ4v) is 3.69. The summed E-state index contributed by atoms with van der Waals surface area (Å²) in [6, 6.07) is 11.8. The highest BCUT2D eigenvalue weighted by Gasteiger charge is 2.22. The van der Waals surface area contributed by atoms with Gasteiger partial charge in [0.2, 0.25) is 0 Å². The van der Waals surface area contributed by atoms with Gasteiger partial charge in [0.15, 0.2) is 11.4 Å². The quantitative estimate of drug-likeness (QED) is 0.477. The van der Waals surface area contributed by atoms with Crippen molar-refractivity contribution in [2.45, 2.75) is 13.8 Å². The number of thiophene rings is 1. The van der Waals surface area contributed by atoms with Crippen molar-refractivity contribution in [3.8, 4) is 10.4 Å². The minimum Gasteiger partial charge on any atom is -0.454 e. The zero-order valence-corrected chi connectivity index (χ0v) is 13.0. The number of aromatic nitrogens is 1. The molecule has 0 amide bonds. The Hall–Kier alpha value is -2.46. The number of hydrogen-bond acceptors (Lipinski definition) is 4. The topological polar surface area (TPSA) is 43.1 Å². The number of Topliss-reactive ketones (excluding diaryl/α,β-unsaturated/α-hetero) is 1. The molecule has 0 atom stereocenters. The minimum absolute atomic E-state index is 0.00996. The molecule has 22 heavy (non-hydrogen) atoms. The van der Waals surface area contributed by atoms with E-state index in [1.165, 1.54) is 0 Å². The Bertz CT molecular complexity index is 1010. The summed E-state index contributed by atoms with van der Waals surface area (Å²) < 4.78 is 6.05. The van der Waals surface area contributed by atoms with Crippen molar-refractivity contribution in [3.05, 3.63) is 53.0 Å². The molecule has 0 fully saturated rings. The Balaban J connectivity index is 2.25. The summed E-state index contributed by atoms with van der Waals surface area (Å²) in [4.78, 5) is 17.8. The van der Waals surface area contributed by atoms with Crippen LogP contribution in [0.15, 0.2) is 46.2 Å². The highest BCUT2D eigenvalue weighted by atomic mass is 32.1. The smallest absolute Gasteiger partial charge is 0.163 e. The third kappa shape index (κ3) is 1.81. The standard InChI is InChI=1S/C18H13NO2S/c1-10-15(11(2)20)16(14-8-5-9-22-14)18-17(19-10)12-6-3-4-7-13(12)21-18/h3-9H,1-2H3. The van der Waals surface area contributed by atoms with Crippen molar-refractivity contribution in [3.63, 3.8) is 0 Å². The Morgan fingerprint density at radius 3 is 2.73 bits per heavy atom. The van der Waals surface area contributed by atoms with Crippen molar-refractivity contribution < 1.29 is 9.21 Å². The first-order valence-corrected chi connectivity index (χ1v) is 7.91. The van der Waals surface area contributed by atoms with Gasteiger partial charge < -0.3 is 4.42 Å². The lowest BCUT2D eigenvalue weighted by atomic mass is 10.0. The number of pyridine rings is 1. The van der Waals surface area contributed by atoms with Gasteiger partial charge in [-0.15, -0.1) is 11.3 Å². The van der Waals surface area contributed by atoms with Gasteiger partial charge in [-0.2, -0.15) is 0 Å². The molecular formula is C18H13NO2S. The maximum absolute atomic E-state index is 12.2. The van der Waals surface area contributed by atoms with Gasteiger partial charge in [0.05, 0.1) is 5.56 Å². The van der Waals surface area contributed by atoms with Gasteiger partial charge >= 0.3 is 0 Å². The lowest BCUT2D eigenvalue weighted by Gasteiger charge is -2.08. The van der Waals surface area contributed by atoms with Crippen LogP contribution in [-0.2, 0) is 0 Å².